The van der Waals surface area contributed by atoms with Crippen molar-refractivity contribution in [3.05, 3.63) is 54.1 Å². The molecule has 21 heavy (non-hydrogen) atoms. The Morgan fingerprint density at radius 2 is 1.95 bits per heavy atom. The highest BCUT2D eigenvalue weighted by molar-refractivity contribution is 5.93. The van der Waals surface area contributed by atoms with Crippen LogP contribution >= 0.6 is 0 Å². The molecule has 0 heterocycles. The van der Waals surface area contributed by atoms with Gasteiger partial charge >= 0.3 is 0 Å². The van der Waals surface area contributed by atoms with Crippen LogP contribution in [-0.4, -0.2) is 24.7 Å². The van der Waals surface area contributed by atoms with Crippen molar-refractivity contribution in [2.45, 2.75) is 13.3 Å². The summed E-state index contributed by atoms with van der Waals surface area (Å²) in [5.74, 6) is 0.847. The number of hydrogen-bond donors (Lipinski definition) is 1. The zero-order valence-electron chi connectivity index (χ0n) is 12.2. The van der Waals surface area contributed by atoms with Crippen LogP contribution in [0.5, 0.6) is 11.5 Å². The highest BCUT2D eigenvalue weighted by Gasteiger charge is 2.11. The maximum Gasteiger partial charge on any atom is 0.230 e. The van der Waals surface area contributed by atoms with Gasteiger partial charge in [-0.3, -0.25) is 4.79 Å². The third-order valence-electron chi connectivity index (χ3n) is 3.17. The number of amides is 1. The lowest BCUT2D eigenvalue weighted by Gasteiger charge is -2.17. The molecule has 0 aliphatic carbocycles. The van der Waals surface area contributed by atoms with Crippen LogP contribution in [0, 0.1) is 6.92 Å². The second-order valence-electron chi connectivity index (χ2n) is 4.89. The minimum atomic E-state index is -0.0618. The Kier molecular flexibility index (Phi) is 4.82. The van der Waals surface area contributed by atoms with Crippen LogP contribution in [0.15, 0.2) is 48.5 Å². The fourth-order valence-corrected chi connectivity index (χ4v) is 1.97. The van der Waals surface area contributed by atoms with Gasteiger partial charge in [0.25, 0.3) is 0 Å². The standard InChI is InChI=1S/C17H19NO3/c1-13-5-3-8-16(11-13)21-10-9-17(20)18(2)14-6-4-7-15(19)12-14/h3-8,11-12,19H,9-10H2,1-2H3. The van der Waals surface area contributed by atoms with Gasteiger partial charge in [0.15, 0.2) is 0 Å². The largest absolute Gasteiger partial charge is 0.508 e. The first-order valence-corrected chi connectivity index (χ1v) is 6.81. The fourth-order valence-electron chi connectivity index (χ4n) is 1.97. The Morgan fingerprint density at radius 3 is 2.67 bits per heavy atom. The van der Waals surface area contributed by atoms with Gasteiger partial charge in [0.05, 0.1) is 13.0 Å². The van der Waals surface area contributed by atoms with Crippen LogP contribution in [0.3, 0.4) is 0 Å². The van der Waals surface area contributed by atoms with E-state index in [0.717, 1.165) is 11.3 Å². The molecule has 0 radical (unpaired) electrons. The lowest BCUT2D eigenvalue weighted by Crippen LogP contribution is -2.27. The first-order chi connectivity index (χ1) is 10.1. The van der Waals surface area contributed by atoms with E-state index in [1.807, 2.05) is 31.2 Å². The zero-order chi connectivity index (χ0) is 15.2. The lowest BCUT2D eigenvalue weighted by molar-refractivity contribution is -0.118. The molecule has 2 aromatic rings. The molecule has 0 aromatic heterocycles. The van der Waals surface area contributed by atoms with Crippen molar-refractivity contribution in [3.8, 4) is 11.5 Å². The molecule has 0 saturated carbocycles. The number of carbonyl (C=O) groups is 1. The van der Waals surface area contributed by atoms with Crippen molar-refractivity contribution in [1.82, 2.24) is 0 Å². The van der Waals surface area contributed by atoms with Crippen LogP contribution in [0.4, 0.5) is 5.69 Å². The maximum absolute atomic E-state index is 12.1. The third-order valence-corrected chi connectivity index (χ3v) is 3.17. The summed E-state index contributed by atoms with van der Waals surface area (Å²) in [5, 5.41) is 9.43. The normalized spacial score (nSPS) is 10.2. The summed E-state index contributed by atoms with van der Waals surface area (Å²) >= 11 is 0. The predicted octanol–water partition coefficient (Wildman–Crippen LogP) is 3.13. The van der Waals surface area contributed by atoms with Gasteiger partial charge in [0, 0.05) is 18.8 Å². The summed E-state index contributed by atoms with van der Waals surface area (Å²) < 4.78 is 5.57. The second-order valence-corrected chi connectivity index (χ2v) is 4.89. The van der Waals surface area contributed by atoms with Crippen LogP contribution in [0.2, 0.25) is 0 Å². The van der Waals surface area contributed by atoms with E-state index in [2.05, 4.69) is 0 Å². The van der Waals surface area contributed by atoms with Gasteiger partial charge in [-0.2, -0.15) is 0 Å². The van der Waals surface area contributed by atoms with E-state index < -0.39 is 0 Å². The average Bonchev–Trinajstić information content (AvgIpc) is 2.46. The molecule has 2 rings (SSSR count). The number of phenols is 1. The molecule has 0 aliphatic rings. The number of benzene rings is 2. The Hall–Kier alpha value is -2.49. The van der Waals surface area contributed by atoms with Gasteiger partial charge in [0.1, 0.15) is 11.5 Å². The van der Waals surface area contributed by atoms with Crippen LogP contribution in [0.1, 0.15) is 12.0 Å². The monoisotopic (exact) mass is 285 g/mol. The number of phenolic OH excluding ortho intramolecular Hbond substituents is 1. The summed E-state index contributed by atoms with van der Waals surface area (Å²) in [6, 6.07) is 14.3. The first-order valence-electron chi connectivity index (χ1n) is 6.81. The number of nitrogens with zero attached hydrogens (tertiary/aromatic N) is 1. The van der Waals surface area contributed by atoms with E-state index in [4.69, 9.17) is 4.74 Å². The lowest BCUT2D eigenvalue weighted by atomic mass is 10.2. The fraction of sp³-hybridized carbons (Fsp3) is 0.235. The summed E-state index contributed by atoms with van der Waals surface area (Å²) in [6.45, 7) is 2.32. The predicted molar refractivity (Wildman–Crippen MR) is 82.8 cm³/mol. The summed E-state index contributed by atoms with van der Waals surface area (Å²) in [4.78, 5) is 13.6. The van der Waals surface area contributed by atoms with E-state index in [-0.39, 0.29) is 18.1 Å². The van der Waals surface area contributed by atoms with Crippen molar-refractivity contribution in [3.63, 3.8) is 0 Å². The second kappa shape index (κ2) is 6.79. The molecule has 0 saturated heterocycles. The van der Waals surface area contributed by atoms with Crippen LogP contribution in [-0.2, 0) is 4.79 Å². The number of ether oxygens (including phenoxy) is 1. The average molecular weight is 285 g/mol. The molecule has 0 fully saturated rings. The van der Waals surface area contributed by atoms with Crippen molar-refractivity contribution in [2.75, 3.05) is 18.6 Å². The molecule has 0 bridgehead atoms. The smallest absolute Gasteiger partial charge is 0.230 e. The molecule has 1 N–H and O–H groups in total. The Morgan fingerprint density at radius 1 is 1.19 bits per heavy atom. The summed E-state index contributed by atoms with van der Waals surface area (Å²) in [6.07, 6.45) is 0.278. The molecule has 110 valence electrons. The quantitative estimate of drug-likeness (QED) is 0.918. The molecule has 4 nitrogen and oxygen atoms in total. The van der Waals surface area contributed by atoms with Crippen LogP contribution in [0.25, 0.3) is 0 Å². The minimum absolute atomic E-state index is 0.0618. The number of anilines is 1. The van der Waals surface area contributed by atoms with Crippen LogP contribution < -0.4 is 9.64 Å². The van der Waals surface area contributed by atoms with Crippen molar-refractivity contribution in [1.29, 1.82) is 0 Å². The van der Waals surface area contributed by atoms with Gasteiger partial charge < -0.3 is 14.7 Å². The number of aromatic hydroxyl groups is 1. The number of carbonyl (C=O) groups excluding carboxylic acids is 1. The van der Waals surface area contributed by atoms with E-state index in [1.165, 1.54) is 4.90 Å². The number of aryl methyl sites for hydroxylation is 1. The summed E-state index contributed by atoms with van der Waals surface area (Å²) in [5.41, 5.74) is 1.78. The molecule has 1 amide bonds. The molecule has 4 heteroatoms. The van der Waals surface area contributed by atoms with Gasteiger partial charge in [0.2, 0.25) is 5.91 Å². The van der Waals surface area contributed by atoms with E-state index in [0.29, 0.717) is 12.3 Å². The SMILES string of the molecule is Cc1cccc(OCCC(=O)N(C)c2cccc(O)c2)c1. The Bertz CT molecular complexity index is 625. The van der Waals surface area contributed by atoms with E-state index >= 15 is 0 Å². The number of hydrogen-bond acceptors (Lipinski definition) is 3. The maximum atomic E-state index is 12.1. The van der Waals surface area contributed by atoms with Crippen molar-refractivity contribution < 1.29 is 14.6 Å². The molecule has 0 atom stereocenters. The highest BCUT2D eigenvalue weighted by Crippen LogP contribution is 2.19. The van der Waals surface area contributed by atoms with E-state index in [1.54, 1.807) is 31.3 Å². The molecule has 0 aliphatic heterocycles. The highest BCUT2D eigenvalue weighted by atomic mass is 16.5. The van der Waals surface area contributed by atoms with Gasteiger partial charge in [-0.05, 0) is 36.8 Å². The molecule has 2 aromatic carbocycles. The Labute approximate surface area is 124 Å². The van der Waals surface area contributed by atoms with Gasteiger partial charge in [-0.25, -0.2) is 0 Å². The van der Waals surface area contributed by atoms with Gasteiger partial charge in [-0.1, -0.05) is 18.2 Å². The number of rotatable bonds is 5. The van der Waals surface area contributed by atoms with Crippen molar-refractivity contribution in [2.24, 2.45) is 0 Å². The van der Waals surface area contributed by atoms with Gasteiger partial charge in [-0.15, -0.1) is 0 Å². The molecule has 0 spiro atoms. The minimum Gasteiger partial charge on any atom is -0.508 e. The first kappa shape index (κ1) is 14.9. The Balaban J connectivity index is 1.87. The zero-order valence-corrected chi connectivity index (χ0v) is 12.2. The molecular formula is C17H19NO3. The summed E-state index contributed by atoms with van der Waals surface area (Å²) in [7, 11) is 1.68. The topological polar surface area (TPSA) is 49.8 Å². The molecule has 0 unspecified atom stereocenters. The van der Waals surface area contributed by atoms with Crippen molar-refractivity contribution >= 4 is 11.6 Å². The molecular weight excluding hydrogens is 266 g/mol. The third kappa shape index (κ3) is 4.24. The van der Waals surface area contributed by atoms with E-state index in [9.17, 15) is 9.90 Å².